The average molecular weight is 216 g/mol. The number of aliphatic imine (C=N–C) groups is 1. The Hall–Kier alpha value is -1.64. The Kier molecular flexibility index (Phi) is 2.77. The van der Waals surface area contributed by atoms with Crippen molar-refractivity contribution in [1.29, 1.82) is 0 Å². The molecule has 0 saturated carbocycles. The molecule has 1 heterocycles. The van der Waals surface area contributed by atoms with Crippen LogP contribution >= 0.6 is 0 Å². The zero-order valence-corrected chi connectivity index (χ0v) is 9.87. The molecule has 0 fully saturated rings. The second kappa shape index (κ2) is 4.08. The SMILES string of the molecule is CCC(C)N=C1C(=O)Nc2ccc(C)cc21. The van der Waals surface area contributed by atoms with E-state index in [0.717, 1.165) is 23.2 Å². The number of fused-ring (bicyclic) bond motifs is 1. The molecule has 0 aromatic heterocycles. The quantitative estimate of drug-likeness (QED) is 0.811. The first kappa shape index (κ1) is 10.9. The van der Waals surface area contributed by atoms with Crippen molar-refractivity contribution in [2.75, 3.05) is 5.32 Å². The van der Waals surface area contributed by atoms with Gasteiger partial charge in [-0.3, -0.25) is 9.79 Å². The Labute approximate surface area is 95.6 Å². The average Bonchev–Trinajstić information content (AvgIpc) is 2.55. The Bertz CT molecular complexity index is 463. The van der Waals surface area contributed by atoms with E-state index in [1.54, 1.807) is 0 Å². The first-order valence-corrected chi connectivity index (χ1v) is 5.62. The molecular weight excluding hydrogens is 200 g/mol. The molecule has 1 unspecified atom stereocenters. The van der Waals surface area contributed by atoms with Gasteiger partial charge in [0.15, 0.2) is 0 Å². The maximum Gasteiger partial charge on any atom is 0.274 e. The van der Waals surface area contributed by atoms with Gasteiger partial charge in [-0.05, 0) is 32.4 Å². The van der Waals surface area contributed by atoms with Crippen molar-refractivity contribution >= 4 is 17.3 Å². The fraction of sp³-hybridized carbons (Fsp3) is 0.385. The van der Waals surface area contributed by atoms with Crippen molar-refractivity contribution in [2.24, 2.45) is 4.99 Å². The number of hydrogen-bond acceptors (Lipinski definition) is 2. The van der Waals surface area contributed by atoms with Gasteiger partial charge in [-0.25, -0.2) is 0 Å². The highest BCUT2D eigenvalue weighted by Gasteiger charge is 2.25. The first-order valence-electron chi connectivity index (χ1n) is 5.62. The summed E-state index contributed by atoms with van der Waals surface area (Å²) in [6, 6.07) is 6.12. The molecular formula is C13H16N2O. The normalized spacial score (nSPS) is 18.4. The lowest BCUT2D eigenvalue weighted by Gasteiger charge is -2.03. The molecule has 0 spiro atoms. The summed E-state index contributed by atoms with van der Waals surface area (Å²) in [7, 11) is 0. The molecule has 0 aliphatic carbocycles. The van der Waals surface area contributed by atoms with Gasteiger partial charge >= 0.3 is 0 Å². The molecule has 0 radical (unpaired) electrons. The Balaban J connectivity index is 2.46. The van der Waals surface area contributed by atoms with Crippen LogP contribution < -0.4 is 5.32 Å². The van der Waals surface area contributed by atoms with Crippen LogP contribution in [0.4, 0.5) is 5.69 Å². The maximum atomic E-state index is 11.8. The van der Waals surface area contributed by atoms with Gasteiger partial charge in [0, 0.05) is 11.6 Å². The third-order valence-corrected chi connectivity index (χ3v) is 2.83. The molecule has 1 aromatic rings. The molecule has 3 nitrogen and oxygen atoms in total. The Morgan fingerprint density at radius 2 is 2.19 bits per heavy atom. The van der Waals surface area contributed by atoms with Crippen molar-refractivity contribution in [2.45, 2.75) is 33.2 Å². The number of nitrogens with zero attached hydrogens (tertiary/aromatic N) is 1. The van der Waals surface area contributed by atoms with E-state index >= 15 is 0 Å². The lowest BCUT2D eigenvalue weighted by atomic mass is 10.1. The standard InChI is InChI=1S/C13H16N2O/c1-4-9(3)14-12-10-7-8(2)5-6-11(10)15-13(12)16/h5-7,9H,4H2,1-3H3,(H,14,15,16). The van der Waals surface area contributed by atoms with Crippen molar-refractivity contribution < 1.29 is 4.79 Å². The first-order chi connectivity index (χ1) is 7.61. The van der Waals surface area contributed by atoms with Crippen molar-refractivity contribution in [3.05, 3.63) is 29.3 Å². The van der Waals surface area contributed by atoms with E-state index in [0.29, 0.717) is 5.71 Å². The van der Waals surface area contributed by atoms with Crippen LogP contribution in [0.25, 0.3) is 0 Å². The van der Waals surface area contributed by atoms with Crippen LogP contribution in [0.3, 0.4) is 0 Å². The molecule has 1 aliphatic rings. The smallest absolute Gasteiger partial charge is 0.274 e. The summed E-state index contributed by atoms with van der Waals surface area (Å²) in [6.07, 6.45) is 0.942. The molecule has 0 saturated heterocycles. The van der Waals surface area contributed by atoms with Crippen molar-refractivity contribution in [3.8, 4) is 0 Å². The maximum absolute atomic E-state index is 11.8. The second-order valence-electron chi connectivity index (χ2n) is 4.24. The number of nitrogens with one attached hydrogen (secondary N) is 1. The van der Waals surface area contributed by atoms with Crippen LogP contribution in [0.5, 0.6) is 0 Å². The third kappa shape index (κ3) is 1.85. The lowest BCUT2D eigenvalue weighted by molar-refractivity contribution is -0.110. The summed E-state index contributed by atoms with van der Waals surface area (Å²) in [5.41, 5.74) is 3.53. The number of amides is 1. The van der Waals surface area contributed by atoms with Crippen LogP contribution in [0.2, 0.25) is 0 Å². The summed E-state index contributed by atoms with van der Waals surface area (Å²) < 4.78 is 0. The molecule has 84 valence electrons. The van der Waals surface area contributed by atoms with Crippen LogP contribution in [-0.2, 0) is 4.79 Å². The van der Waals surface area contributed by atoms with E-state index in [4.69, 9.17) is 0 Å². The Morgan fingerprint density at radius 1 is 1.44 bits per heavy atom. The number of carbonyl (C=O) groups is 1. The fourth-order valence-electron chi connectivity index (χ4n) is 1.71. The number of aryl methyl sites for hydroxylation is 1. The highest BCUT2D eigenvalue weighted by Crippen LogP contribution is 2.24. The summed E-state index contributed by atoms with van der Waals surface area (Å²) in [6.45, 7) is 6.11. The molecule has 1 aromatic carbocycles. The minimum absolute atomic E-state index is 0.0825. The summed E-state index contributed by atoms with van der Waals surface area (Å²) in [5, 5.41) is 2.83. The van der Waals surface area contributed by atoms with Crippen LogP contribution in [-0.4, -0.2) is 17.7 Å². The fourth-order valence-corrected chi connectivity index (χ4v) is 1.71. The molecule has 0 bridgehead atoms. The summed E-state index contributed by atoms with van der Waals surface area (Å²) >= 11 is 0. The van der Waals surface area contributed by atoms with Gasteiger partial charge in [-0.1, -0.05) is 18.6 Å². The second-order valence-corrected chi connectivity index (χ2v) is 4.24. The molecule has 3 heteroatoms. The highest BCUT2D eigenvalue weighted by molar-refractivity contribution is 6.53. The Morgan fingerprint density at radius 3 is 2.88 bits per heavy atom. The monoisotopic (exact) mass is 216 g/mol. The molecule has 2 rings (SSSR count). The van der Waals surface area contributed by atoms with Gasteiger partial charge in [0.1, 0.15) is 5.71 Å². The van der Waals surface area contributed by atoms with E-state index in [9.17, 15) is 4.79 Å². The third-order valence-electron chi connectivity index (χ3n) is 2.83. The zero-order valence-electron chi connectivity index (χ0n) is 9.87. The minimum Gasteiger partial charge on any atom is -0.320 e. The number of benzene rings is 1. The lowest BCUT2D eigenvalue weighted by Crippen LogP contribution is -2.16. The molecule has 1 atom stereocenters. The highest BCUT2D eigenvalue weighted by atomic mass is 16.2. The number of rotatable bonds is 2. The molecule has 1 N–H and O–H groups in total. The molecule has 1 amide bonds. The van der Waals surface area contributed by atoms with Gasteiger partial charge in [-0.2, -0.15) is 0 Å². The van der Waals surface area contributed by atoms with E-state index < -0.39 is 0 Å². The van der Waals surface area contributed by atoms with Crippen LogP contribution in [0.1, 0.15) is 31.4 Å². The summed E-state index contributed by atoms with van der Waals surface area (Å²) in [4.78, 5) is 16.2. The number of carbonyl (C=O) groups excluding carboxylic acids is 1. The van der Waals surface area contributed by atoms with Gasteiger partial charge in [0.2, 0.25) is 0 Å². The summed E-state index contributed by atoms with van der Waals surface area (Å²) in [5.74, 6) is -0.0825. The largest absolute Gasteiger partial charge is 0.320 e. The molecule has 1 aliphatic heterocycles. The van der Waals surface area contributed by atoms with Gasteiger partial charge in [-0.15, -0.1) is 0 Å². The predicted molar refractivity (Wildman–Crippen MR) is 66.1 cm³/mol. The topological polar surface area (TPSA) is 41.5 Å². The van der Waals surface area contributed by atoms with E-state index in [1.807, 2.05) is 32.0 Å². The minimum atomic E-state index is -0.0825. The van der Waals surface area contributed by atoms with Crippen LogP contribution in [0, 0.1) is 6.92 Å². The number of anilines is 1. The molecule has 16 heavy (non-hydrogen) atoms. The predicted octanol–water partition coefficient (Wildman–Crippen LogP) is 2.53. The zero-order chi connectivity index (χ0) is 11.7. The van der Waals surface area contributed by atoms with Gasteiger partial charge in [0.25, 0.3) is 5.91 Å². The van der Waals surface area contributed by atoms with E-state index in [2.05, 4.69) is 17.2 Å². The van der Waals surface area contributed by atoms with Crippen LogP contribution in [0.15, 0.2) is 23.2 Å². The van der Waals surface area contributed by atoms with Gasteiger partial charge < -0.3 is 5.32 Å². The van der Waals surface area contributed by atoms with Gasteiger partial charge in [0.05, 0.1) is 5.69 Å². The number of hydrogen-bond donors (Lipinski definition) is 1. The van der Waals surface area contributed by atoms with Crippen molar-refractivity contribution in [1.82, 2.24) is 0 Å². The van der Waals surface area contributed by atoms with E-state index in [1.165, 1.54) is 0 Å². The van der Waals surface area contributed by atoms with E-state index in [-0.39, 0.29) is 11.9 Å². The van der Waals surface area contributed by atoms with Crippen molar-refractivity contribution in [3.63, 3.8) is 0 Å².